The lowest BCUT2D eigenvalue weighted by Crippen LogP contribution is -2.58. The van der Waals surface area contributed by atoms with Crippen LogP contribution in [0.4, 0.5) is 5.69 Å². The molecule has 1 aromatic rings. The van der Waals surface area contributed by atoms with Gasteiger partial charge < -0.3 is 25.4 Å². The van der Waals surface area contributed by atoms with Crippen LogP contribution in [-0.4, -0.2) is 46.0 Å². The summed E-state index contributed by atoms with van der Waals surface area (Å²) in [7, 11) is 0. The number of ether oxygens (including phenoxy) is 1. The van der Waals surface area contributed by atoms with E-state index in [0.717, 1.165) is 0 Å². The Kier molecular flexibility index (Phi) is 4.09. The van der Waals surface area contributed by atoms with Crippen LogP contribution in [-0.2, 0) is 4.74 Å². The molecule has 1 aromatic carbocycles. The summed E-state index contributed by atoms with van der Waals surface area (Å²) < 4.78 is 5.41. The molecule has 18 heavy (non-hydrogen) atoms. The largest absolute Gasteiger partial charge is 0.388 e. The van der Waals surface area contributed by atoms with E-state index in [4.69, 9.17) is 16.3 Å². The molecule has 5 atom stereocenters. The van der Waals surface area contributed by atoms with Crippen LogP contribution in [0.2, 0.25) is 5.02 Å². The molecule has 1 saturated heterocycles. The molecule has 1 heterocycles. The maximum atomic E-state index is 9.82. The minimum atomic E-state index is -1.24. The molecule has 2 rings (SSSR count). The number of aliphatic hydroxyl groups excluding tert-OH is 3. The van der Waals surface area contributed by atoms with Crippen molar-refractivity contribution in [3.05, 3.63) is 29.3 Å². The molecular formula is C12H16ClNO4. The van der Waals surface area contributed by atoms with E-state index in [1.165, 1.54) is 0 Å². The minimum Gasteiger partial charge on any atom is -0.388 e. The summed E-state index contributed by atoms with van der Waals surface area (Å²) >= 11 is 5.77. The van der Waals surface area contributed by atoms with Crippen molar-refractivity contribution in [1.29, 1.82) is 0 Å². The highest BCUT2D eigenvalue weighted by atomic mass is 35.5. The Balaban J connectivity index is 2.06. The van der Waals surface area contributed by atoms with E-state index in [0.29, 0.717) is 10.7 Å². The predicted octanol–water partition coefficient (Wildman–Crippen LogP) is 0.579. The Labute approximate surface area is 110 Å². The molecule has 0 saturated carbocycles. The second kappa shape index (κ2) is 5.42. The molecule has 0 bridgehead atoms. The minimum absolute atomic E-state index is 0.562. The quantitative estimate of drug-likeness (QED) is 0.634. The molecule has 0 aliphatic carbocycles. The third kappa shape index (κ3) is 2.76. The summed E-state index contributed by atoms with van der Waals surface area (Å²) in [6.45, 7) is 1.64. The van der Waals surface area contributed by atoms with Crippen LogP contribution in [0.25, 0.3) is 0 Å². The van der Waals surface area contributed by atoms with Crippen LogP contribution in [0.5, 0.6) is 0 Å². The van der Waals surface area contributed by atoms with Crippen molar-refractivity contribution in [2.45, 2.75) is 37.6 Å². The highest BCUT2D eigenvalue weighted by molar-refractivity contribution is 6.30. The van der Waals surface area contributed by atoms with E-state index in [9.17, 15) is 15.3 Å². The number of nitrogens with one attached hydrogen (secondary N) is 1. The first-order chi connectivity index (χ1) is 8.49. The summed E-state index contributed by atoms with van der Waals surface area (Å²) in [4.78, 5) is 0. The standard InChI is InChI=1S/C12H16ClNO4/c1-6-9(15)10(16)11(17)12(18-6)14-8-4-2-7(13)3-5-8/h2-6,9-12,14-17H,1H3/t6-,9+,10-,11+,12-/m0/s1. The van der Waals surface area contributed by atoms with E-state index >= 15 is 0 Å². The third-order valence-corrected chi connectivity index (χ3v) is 3.26. The fraction of sp³-hybridized carbons (Fsp3) is 0.500. The molecule has 100 valence electrons. The van der Waals surface area contributed by atoms with Gasteiger partial charge in [0.25, 0.3) is 0 Å². The zero-order valence-corrected chi connectivity index (χ0v) is 10.6. The average molecular weight is 274 g/mol. The van der Waals surface area contributed by atoms with E-state index in [2.05, 4.69) is 5.32 Å². The molecule has 1 fully saturated rings. The van der Waals surface area contributed by atoms with Crippen molar-refractivity contribution < 1.29 is 20.1 Å². The molecule has 0 radical (unpaired) electrons. The third-order valence-electron chi connectivity index (χ3n) is 3.01. The van der Waals surface area contributed by atoms with Crippen LogP contribution in [0, 0.1) is 0 Å². The Bertz CT molecular complexity index is 400. The van der Waals surface area contributed by atoms with Gasteiger partial charge in [0.2, 0.25) is 0 Å². The predicted molar refractivity (Wildman–Crippen MR) is 67.4 cm³/mol. The van der Waals surface area contributed by atoms with E-state index in [1.807, 2.05) is 0 Å². The van der Waals surface area contributed by atoms with Gasteiger partial charge in [-0.25, -0.2) is 0 Å². The Morgan fingerprint density at radius 2 is 1.67 bits per heavy atom. The molecule has 1 aliphatic heterocycles. The van der Waals surface area contributed by atoms with Gasteiger partial charge in [-0.1, -0.05) is 11.6 Å². The van der Waals surface area contributed by atoms with Crippen LogP contribution >= 0.6 is 11.6 Å². The Hall–Kier alpha value is -0.850. The van der Waals surface area contributed by atoms with Crippen molar-refractivity contribution in [1.82, 2.24) is 0 Å². The molecule has 4 N–H and O–H groups in total. The number of anilines is 1. The molecule has 0 aromatic heterocycles. The summed E-state index contributed by atoms with van der Waals surface area (Å²) in [5, 5.41) is 32.6. The summed E-state index contributed by atoms with van der Waals surface area (Å²) in [5.74, 6) is 0. The number of benzene rings is 1. The lowest BCUT2D eigenvalue weighted by atomic mass is 9.99. The van der Waals surface area contributed by atoms with Crippen molar-refractivity contribution in [2.24, 2.45) is 0 Å². The fourth-order valence-electron chi connectivity index (χ4n) is 1.88. The van der Waals surface area contributed by atoms with Crippen LogP contribution in [0.15, 0.2) is 24.3 Å². The number of halogens is 1. The van der Waals surface area contributed by atoms with Crippen molar-refractivity contribution in [3.63, 3.8) is 0 Å². The van der Waals surface area contributed by atoms with Crippen LogP contribution in [0.3, 0.4) is 0 Å². The highest BCUT2D eigenvalue weighted by Crippen LogP contribution is 2.23. The molecule has 6 heteroatoms. The summed E-state index contributed by atoms with van der Waals surface area (Å²) in [6, 6.07) is 6.88. The first-order valence-corrected chi connectivity index (χ1v) is 6.08. The molecule has 0 unspecified atom stereocenters. The van der Waals surface area contributed by atoms with E-state index < -0.39 is 30.6 Å². The summed E-state index contributed by atoms with van der Waals surface area (Å²) in [6.07, 6.45) is -4.87. The Morgan fingerprint density at radius 3 is 2.28 bits per heavy atom. The molecule has 5 nitrogen and oxygen atoms in total. The van der Waals surface area contributed by atoms with Gasteiger partial charge in [-0.2, -0.15) is 0 Å². The number of hydrogen-bond acceptors (Lipinski definition) is 5. The monoisotopic (exact) mass is 273 g/mol. The van der Waals surface area contributed by atoms with Crippen LogP contribution in [0.1, 0.15) is 6.92 Å². The maximum absolute atomic E-state index is 9.82. The van der Waals surface area contributed by atoms with Gasteiger partial charge in [-0.05, 0) is 31.2 Å². The smallest absolute Gasteiger partial charge is 0.157 e. The normalized spacial score (nSPS) is 36.4. The summed E-state index contributed by atoms with van der Waals surface area (Å²) in [5.41, 5.74) is 0.708. The lowest BCUT2D eigenvalue weighted by molar-refractivity contribution is -0.209. The van der Waals surface area contributed by atoms with Gasteiger partial charge >= 0.3 is 0 Å². The van der Waals surface area contributed by atoms with Gasteiger partial charge in [-0.3, -0.25) is 0 Å². The topological polar surface area (TPSA) is 82.0 Å². The maximum Gasteiger partial charge on any atom is 0.157 e. The molecule has 0 spiro atoms. The van der Waals surface area contributed by atoms with Gasteiger partial charge in [0.1, 0.15) is 18.3 Å². The first-order valence-electron chi connectivity index (χ1n) is 5.71. The highest BCUT2D eigenvalue weighted by Gasteiger charge is 2.41. The van der Waals surface area contributed by atoms with Gasteiger partial charge in [0.15, 0.2) is 6.23 Å². The van der Waals surface area contributed by atoms with Crippen LogP contribution < -0.4 is 5.32 Å². The number of aliphatic hydroxyl groups is 3. The van der Waals surface area contributed by atoms with Gasteiger partial charge in [0, 0.05) is 10.7 Å². The number of hydrogen-bond donors (Lipinski definition) is 4. The van der Waals surface area contributed by atoms with Gasteiger partial charge in [0.05, 0.1) is 6.10 Å². The first kappa shape index (κ1) is 13.6. The lowest BCUT2D eigenvalue weighted by Gasteiger charge is -2.39. The van der Waals surface area contributed by atoms with E-state index in [1.54, 1.807) is 31.2 Å². The second-order valence-corrected chi connectivity index (χ2v) is 4.82. The Morgan fingerprint density at radius 1 is 1.06 bits per heavy atom. The zero-order valence-electron chi connectivity index (χ0n) is 9.82. The van der Waals surface area contributed by atoms with Crippen molar-refractivity contribution in [2.75, 3.05) is 5.32 Å². The zero-order chi connectivity index (χ0) is 13.3. The second-order valence-electron chi connectivity index (χ2n) is 4.38. The van der Waals surface area contributed by atoms with Crippen molar-refractivity contribution >= 4 is 17.3 Å². The molecular weight excluding hydrogens is 258 g/mol. The molecule has 0 amide bonds. The van der Waals surface area contributed by atoms with Crippen molar-refractivity contribution in [3.8, 4) is 0 Å². The van der Waals surface area contributed by atoms with E-state index in [-0.39, 0.29) is 0 Å². The SMILES string of the molecule is C[C@@H]1O[C@H](Nc2ccc(Cl)cc2)[C@H](O)[C@@H](O)[C@@H]1O. The number of rotatable bonds is 2. The average Bonchev–Trinajstić information content (AvgIpc) is 2.36. The fourth-order valence-corrected chi connectivity index (χ4v) is 2.01. The molecule has 1 aliphatic rings. The van der Waals surface area contributed by atoms with Gasteiger partial charge in [-0.15, -0.1) is 0 Å².